The maximum absolute atomic E-state index is 14.1. The van der Waals surface area contributed by atoms with Gasteiger partial charge in [0.25, 0.3) is 0 Å². The van der Waals surface area contributed by atoms with Crippen molar-refractivity contribution in [2.75, 3.05) is 0 Å². The summed E-state index contributed by atoms with van der Waals surface area (Å²) < 4.78 is 16.1. The number of aliphatic imine (C=N–C) groups is 1. The molecule has 0 fully saturated rings. The highest BCUT2D eigenvalue weighted by Crippen LogP contribution is 2.36. The lowest BCUT2D eigenvalue weighted by Gasteiger charge is -2.11. The smallest absolute Gasteiger partial charge is 0.160 e. The number of hydrogen-bond donors (Lipinski definition) is 1. The van der Waals surface area contributed by atoms with E-state index in [2.05, 4.69) is 27.4 Å². The Bertz CT molecular complexity index is 1330. The van der Waals surface area contributed by atoms with Gasteiger partial charge in [-0.1, -0.05) is 35.6 Å². The zero-order chi connectivity index (χ0) is 21.5. The summed E-state index contributed by atoms with van der Waals surface area (Å²) in [6.07, 6.45) is 4.73. The van der Waals surface area contributed by atoms with Crippen molar-refractivity contribution in [3.05, 3.63) is 86.7 Å². The van der Waals surface area contributed by atoms with E-state index in [1.807, 2.05) is 42.7 Å². The molecule has 1 unspecified atom stereocenters. The highest BCUT2D eigenvalue weighted by molar-refractivity contribution is 7.15. The van der Waals surface area contributed by atoms with Crippen LogP contribution in [0.4, 0.5) is 4.39 Å². The first-order valence-electron chi connectivity index (χ1n) is 9.68. The Labute approximate surface area is 188 Å². The molecule has 1 N–H and O–H groups in total. The minimum absolute atomic E-state index is 0.300. The summed E-state index contributed by atoms with van der Waals surface area (Å²) >= 11 is 7.64. The first-order valence-corrected chi connectivity index (χ1v) is 10.9. The Morgan fingerprint density at radius 2 is 2.03 bits per heavy atom. The summed E-state index contributed by atoms with van der Waals surface area (Å²) in [6.45, 7) is 4.37. The van der Waals surface area contributed by atoms with Gasteiger partial charge in [-0.3, -0.25) is 9.56 Å². The molecule has 4 heterocycles. The van der Waals surface area contributed by atoms with E-state index in [0.29, 0.717) is 11.6 Å². The molecule has 1 aromatic carbocycles. The van der Waals surface area contributed by atoms with Gasteiger partial charge in [0.05, 0.1) is 10.6 Å². The second-order valence-corrected chi connectivity index (χ2v) is 8.62. The fraction of sp³-hybridized carbons (Fsp3) is 0.174. The molecule has 5 nitrogen and oxygen atoms in total. The van der Waals surface area contributed by atoms with Gasteiger partial charge in [0.2, 0.25) is 0 Å². The standard InChI is InChI=1S/C23H17ClFN5S/c1-13-19(10-9-18-17(25)4-3-11-26-18)31-23-21(13)22(15-5-7-16(24)8-6-15)27-12-20-29-28-14(2)30(20)23/h3-8,11,18,26H,12H2,1-2H3. The first kappa shape index (κ1) is 19.7. The average molecular weight is 450 g/mol. The van der Waals surface area contributed by atoms with Crippen molar-refractivity contribution in [1.82, 2.24) is 20.1 Å². The number of allylic oxidation sites excluding steroid dienone is 2. The molecule has 3 aromatic rings. The number of fused-ring (bicyclic) bond motifs is 3. The maximum Gasteiger partial charge on any atom is 0.160 e. The monoisotopic (exact) mass is 449 g/mol. The molecule has 8 heteroatoms. The van der Waals surface area contributed by atoms with Gasteiger partial charge in [0, 0.05) is 16.1 Å². The predicted molar refractivity (Wildman–Crippen MR) is 122 cm³/mol. The summed E-state index contributed by atoms with van der Waals surface area (Å²) in [6, 6.07) is 6.99. The van der Waals surface area contributed by atoms with Crippen LogP contribution >= 0.6 is 22.9 Å². The zero-order valence-corrected chi connectivity index (χ0v) is 18.4. The van der Waals surface area contributed by atoms with Crippen LogP contribution in [0.15, 0.2) is 53.4 Å². The number of halogens is 2. The molecule has 5 rings (SSSR count). The molecule has 0 bridgehead atoms. The fourth-order valence-corrected chi connectivity index (χ4v) is 4.98. The molecule has 0 saturated heterocycles. The van der Waals surface area contributed by atoms with Gasteiger partial charge in [-0.05, 0) is 49.9 Å². The number of aromatic nitrogens is 3. The van der Waals surface area contributed by atoms with Crippen LogP contribution in [0.1, 0.15) is 33.2 Å². The number of aryl methyl sites for hydroxylation is 1. The largest absolute Gasteiger partial charge is 0.372 e. The van der Waals surface area contributed by atoms with Crippen molar-refractivity contribution in [1.29, 1.82) is 0 Å². The Morgan fingerprint density at radius 3 is 2.81 bits per heavy atom. The SMILES string of the molecule is Cc1c(C#CC2NC=CC=C2F)sc2c1C(c1ccc(Cl)cc1)=NCc1nnc(C)n1-2. The maximum atomic E-state index is 14.1. The van der Waals surface area contributed by atoms with Crippen molar-refractivity contribution < 1.29 is 4.39 Å². The molecule has 2 aliphatic rings. The van der Waals surface area contributed by atoms with Crippen LogP contribution in [0.25, 0.3) is 5.00 Å². The lowest BCUT2D eigenvalue weighted by atomic mass is 9.99. The van der Waals surface area contributed by atoms with Gasteiger partial charge in [-0.2, -0.15) is 0 Å². The zero-order valence-electron chi connectivity index (χ0n) is 16.8. The van der Waals surface area contributed by atoms with Crippen molar-refractivity contribution in [2.45, 2.75) is 26.4 Å². The molecule has 2 aromatic heterocycles. The first-order chi connectivity index (χ1) is 15.0. The van der Waals surface area contributed by atoms with Crippen LogP contribution < -0.4 is 5.32 Å². The quantitative estimate of drug-likeness (QED) is 0.550. The van der Waals surface area contributed by atoms with Crippen LogP contribution in [0, 0.1) is 25.7 Å². The molecule has 0 aliphatic carbocycles. The van der Waals surface area contributed by atoms with E-state index in [0.717, 1.165) is 43.9 Å². The van der Waals surface area contributed by atoms with E-state index in [1.165, 1.54) is 6.08 Å². The Hall–Kier alpha value is -3.21. The second kappa shape index (κ2) is 7.80. The predicted octanol–water partition coefficient (Wildman–Crippen LogP) is 4.64. The molecule has 0 amide bonds. The molecule has 0 radical (unpaired) electrons. The van der Waals surface area contributed by atoms with Crippen LogP contribution in [-0.4, -0.2) is 26.5 Å². The van der Waals surface area contributed by atoms with Crippen molar-refractivity contribution in [3.8, 4) is 16.8 Å². The van der Waals surface area contributed by atoms with Crippen molar-refractivity contribution in [3.63, 3.8) is 0 Å². The van der Waals surface area contributed by atoms with Gasteiger partial charge >= 0.3 is 0 Å². The molecular formula is C23H17ClFN5S. The molecule has 154 valence electrons. The molecular weight excluding hydrogens is 433 g/mol. The normalized spacial score (nSPS) is 16.8. The Morgan fingerprint density at radius 1 is 1.23 bits per heavy atom. The number of benzene rings is 1. The van der Waals surface area contributed by atoms with Crippen LogP contribution in [0.3, 0.4) is 0 Å². The lowest BCUT2D eigenvalue weighted by Crippen LogP contribution is -2.24. The van der Waals surface area contributed by atoms with Crippen LogP contribution in [-0.2, 0) is 6.54 Å². The van der Waals surface area contributed by atoms with Crippen molar-refractivity contribution >= 4 is 28.6 Å². The van der Waals surface area contributed by atoms with Crippen molar-refractivity contribution in [2.24, 2.45) is 4.99 Å². The van der Waals surface area contributed by atoms with E-state index in [4.69, 9.17) is 16.6 Å². The molecule has 31 heavy (non-hydrogen) atoms. The summed E-state index contributed by atoms with van der Waals surface area (Å²) in [7, 11) is 0. The van der Waals surface area contributed by atoms with E-state index < -0.39 is 6.04 Å². The number of dihydropyridines is 1. The summed E-state index contributed by atoms with van der Waals surface area (Å²) in [5.41, 5.74) is 3.82. The Balaban J connectivity index is 1.67. The van der Waals surface area contributed by atoms with Gasteiger partial charge in [0.1, 0.15) is 29.2 Å². The van der Waals surface area contributed by atoms with E-state index in [-0.39, 0.29) is 5.83 Å². The number of hydrogen-bond acceptors (Lipinski definition) is 5. The Kier molecular flexibility index (Phi) is 4.97. The third-order valence-corrected chi connectivity index (χ3v) is 6.62. The van der Waals surface area contributed by atoms with Gasteiger partial charge in [-0.15, -0.1) is 21.5 Å². The van der Waals surface area contributed by atoms with Gasteiger partial charge < -0.3 is 5.32 Å². The number of nitrogens with one attached hydrogen (secondary N) is 1. The minimum Gasteiger partial charge on any atom is -0.372 e. The summed E-state index contributed by atoms with van der Waals surface area (Å²) in [5, 5.41) is 13.1. The van der Waals surface area contributed by atoms with E-state index in [1.54, 1.807) is 23.6 Å². The summed E-state index contributed by atoms with van der Waals surface area (Å²) in [4.78, 5) is 5.73. The number of nitrogens with zero attached hydrogens (tertiary/aromatic N) is 4. The van der Waals surface area contributed by atoms with Gasteiger partial charge in [0.15, 0.2) is 5.82 Å². The molecule has 0 spiro atoms. The highest BCUT2D eigenvalue weighted by Gasteiger charge is 2.27. The van der Waals surface area contributed by atoms with Crippen LogP contribution in [0.5, 0.6) is 0 Å². The van der Waals surface area contributed by atoms with E-state index >= 15 is 0 Å². The lowest BCUT2D eigenvalue weighted by molar-refractivity contribution is 0.554. The number of rotatable bonds is 1. The summed E-state index contributed by atoms with van der Waals surface area (Å²) in [5.74, 6) is 7.44. The topological polar surface area (TPSA) is 55.1 Å². The third kappa shape index (κ3) is 3.48. The highest BCUT2D eigenvalue weighted by atomic mass is 35.5. The third-order valence-electron chi connectivity index (χ3n) is 5.18. The molecule has 0 saturated carbocycles. The van der Waals surface area contributed by atoms with Gasteiger partial charge in [-0.25, -0.2) is 4.39 Å². The fourth-order valence-electron chi connectivity index (χ4n) is 3.61. The second-order valence-electron chi connectivity index (χ2n) is 7.19. The van der Waals surface area contributed by atoms with E-state index in [9.17, 15) is 4.39 Å². The number of thiophene rings is 1. The molecule has 1 atom stereocenters. The van der Waals surface area contributed by atoms with Crippen LogP contribution in [0.2, 0.25) is 5.02 Å². The molecule has 2 aliphatic heterocycles. The minimum atomic E-state index is -0.650. The average Bonchev–Trinajstić information content (AvgIpc) is 3.23.